The van der Waals surface area contributed by atoms with Crippen LogP contribution in [-0.4, -0.2) is 25.1 Å². The monoisotopic (exact) mass is 258 g/mol. The fourth-order valence-corrected chi connectivity index (χ4v) is 2.69. The Bertz CT molecular complexity index is 456. The molecule has 1 aromatic rings. The lowest BCUT2D eigenvalue weighted by molar-refractivity contribution is 0.115. The van der Waals surface area contributed by atoms with E-state index < -0.39 is 0 Å². The van der Waals surface area contributed by atoms with Gasteiger partial charge >= 0.3 is 0 Å². The zero-order valence-corrected chi connectivity index (χ0v) is 11.9. The van der Waals surface area contributed by atoms with Crippen LogP contribution in [0.2, 0.25) is 0 Å². The van der Waals surface area contributed by atoms with E-state index in [9.17, 15) is 0 Å². The third kappa shape index (κ3) is 3.48. The second-order valence-corrected chi connectivity index (χ2v) is 5.73. The van der Waals surface area contributed by atoms with Crippen molar-refractivity contribution in [1.29, 1.82) is 5.26 Å². The molecule has 0 saturated carbocycles. The Balaban J connectivity index is 1.94. The van der Waals surface area contributed by atoms with Crippen LogP contribution in [0.15, 0.2) is 24.3 Å². The number of hydrogen-bond acceptors (Lipinski definition) is 3. The van der Waals surface area contributed by atoms with Crippen molar-refractivity contribution in [3.05, 3.63) is 29.8 Å². The summed E-state index contributed by atoms with van der Waals surface area (Å²) >= 11 is 0. The van der Waals surface area contributed by atoms with Gasteiger partial charge in [0.25, 0.3) is 0 Å². The molecule has 102 valence electrons. The highest BCUT2D eigenvalue weighted by molar-refractivity contribution is 5.33. The average Bonchev–Trinajstić information content (AvgIpc) is 2.42. The topological polar surface area (TPSA) is 36.3 Å². The maximum atomic E-state index is 8.87. The van der Waals surface area contributed by atoms with E-state index in [4.69, 9.17) is 10.00 Å². The first kappa shape index (κ1) is 13.9. The van der Waals surface area contributed by atoms with E-state index in [1.54, 1.807) is 7.11 Å². The van der Waals surface area contributed by atoms with E-state index in [1.165, 1.54) is 5.56 Å². The first-order valence-corrected chi connectivity index (χ1v) is 6.88. The van der Waals surface area contributed by atoms with Gasteiger partial charge in [-0.15, -0.1) is 0 Å². The summed E-state index contributed by atoms with van der Waals surface area (Å²) in [7, 11) is 1.72. The molecule has 0 radical (unpaired) electrons. The number of nitriles is 1. The summed E-state index contributed by atoms with van der Waals surface area (Å²) < 4.78 is 5.40. The van der Waals surface area contributed by atoms with Crippen molar-refractivity contribution in [2.75, 3.05) is 20.2 Å². The van der Waals surface area contributed by atoms with Gasteiger partial charge in [0.15, 0.2) is 0 Å². The molecule has 0 unspecified atom stereocenters. The van der Waals surface area contributed by atoms with Crippen LogP contribution in [0.5, 0.6) is 5.75 Å². The number of benzene rings is 1. The van der Waals surface area contributed by atoms with Crippen LogP contribution in [0.3, 0.4) is 0 Å². The minimum absolute atomic E-state index is 0.214. The van der Waals surface area contributed by atoms with E-state index in [1.807, 2.05) is 12.1 Å². The largest absolute Gasteiger partial charge is 0.496 e. The predicted molar refractivity (Wildman–Crippen MR) is 75.8 cm³/mol. The van der Waals surface area contributed by atoms with Gasteiger partial charge < -0.3 is 4.74 Å². The Labute approximate surface area is 115 Å². The second-order valence-electron chi connectivity index (χ2n) is 5.73. The van der Waals surface area contributed by atoms with Crippen LogP contribution in [-0.2, 0) is 6.54 Å². The molecule has 0 N–H and O–H groups in total. The number of nitrogens with zero attached hydrogens (tertiary/aromatic N) is 2. The molecule has 0 atom stereocenters. The number of piperidine rings is 1. The Morgan fingerprint density at radius 2 is 2.00 bits per heavy atom. The summed E-state index contributed by atoms with van der Waals surface area (Å²) in [6, 6.07) is 10.5. The van der Waals surface area contributed by atoms with E-state index in [0.29, 0.717) is 6.42 Å². The third-order valence-corrected chi connectivity index (χ3v) is 4.16. The molecule has 1 aliphatic heterocycles. The van der Waals surface area contributed by atoms with Gasteiger partial charge in [-0.25, -0.2) is 0 Å². The molecule has 0 bridgehead atoms. The van der Waals surface area contributed by atoms with Crippen LogP contribution in [0.1, 0.15) is 31.7 Å². The standard InChI is InChI=1S/C16H22N2O/c1-16(7-10-17)8-11-18(12-9-16)13-14-5-3-4-6-15(14)19-2/h3-6H,7-9,11-13H2,1-2H3. The Morgan fingerprint density at radius 1 is 1.32 bits per heavy atom. The van der Waals surface area contributed by atoms with Crippen LogP contribution < -0.4 is 4.74 Å². The number of para-hydroxylation sites is 1. The fourth-order valence-electron chi connectivity index (χ4n) is 2.69. The van der Waals surface area contributed by atoms with Gasteiger partial charge in [0.2, 0.25) is 0 Å². The summed E-state index contributed by atoms with van der Waals surface area (Å²) in [6.45, 7) is 5.30. The second kappa shape index (κ2) is 6.08. The molecule has 0 aromatic heterocycles. The van der Waals surface area contributed by atoms with Crippen molar-refractivity contribution in [2.45, 2.75) is 32.7 Å². The van der Waals surface area contributed by atoms with Crippen molar-refractivity contribution < 1.29 is 4.74 Å². The van der Waals surface area contributed by atoms with Crippen LogP contribution in [0.4, 0.5) is 0 Å². The first-order chi connectivity index (χ1) is 9.17. The molecule has 1 aliphatic rings. The maximum Gasteiger partial charge on any atom is 0.123 e. The van der Waals surface area contributed by atoms with Crippen molar-refractivity contribution in [2.24, 2.45) is 5.41 Å². The lowest BCUT2D eigenvalue weighted by Crippen LogP contribution is -2.38. The third-order valence-electron chi connectivity index (χ3n) is 4.16. The maximum absolute atomic E-state index is 8.87. The molecule has 1 aromatic carbocycles. The summed E-state index contributed by atoms with van der Waals surface area (Å²) in [6.07, 6.45) is 2.89. The molecule has 3 nitrogen and oxygen atoms in total. The van der Waals surface area contributed by atoms with Gasteiger partial charge in [-0.1, -0.05) is 25.1 Å². The van der Waals surface area contributed by atoms with Crippen molar-refractivity contribution >= 4 is 0 Å². The van der Waals surface area contributed by atoms with E-state index in [2.05, 4.69) is 30.0 Å². The molecule has 19 heavy (non-hydrogen) atoms. The number of likely N-dealkylation sites (tertiary alicyclic amines) is 1. The Hall–Kier alpha value is -1.53. The molecular formula is C16H22N2O. The molecule has 3 heteroatoms. The van der Waals surface area contributed by atoms with E-state index in [0.717, 1.165) is 38.2 Å². The number of rotatable bonds is 4. The summed E-state index contributed by atoms with van der Waals surface area (Å²) in [5.74, 6) is 0.966. The predicted octanol–water partition coefficient (Wildman–Crippen LogP) is 3.21. The Morgan fingerprint density at radius 3 is 2.63 bits per heavy atom. The highest BCUT2D eigenvalue weighted by atomic mass is 16.5. The van der Waals surface area contributed by atoms with Gasteiger partial charge in [0.1, 0.15) is 5.75 Å². The van der Waals surface area contributed by atoms with Crippen molar-refractivity contribution in [3.63, 3.8) is 0 Å². The highest BCUT2D eigenvalue weighted by Gasteiger charge is 2.29. The molecule has 0 aliphatic carbocycles. The quantitative estimate of drug-likeness (QED) is 0.832. The fraction of sp³-hybridized carbons (Fsp3) is 0.562. The van der Waals surface area contributed by atoms with Gasteiger partial charge in [-0.3, -0.25) is 4.90 Å². The van der Waals surface area contributed by atoms with Gasteiger partial charge in [-0.2, -0.15) is 5.26 Å². The lowest BCUT2D eigenvalue weighted by atomic mass is 9.78. The summed E-state index contributed by atoms with van der Waals surface area (Å²) in [5, 5.41) is 8.87. The van der Waals surface area contributed by atoms with Crippen molar-refractivity contribution in [3.8, 4) is 11.8 Å². The SMILES string of the molecule is COc1ccccc1CN1CCC(C)(CC#N)CC1. The zero-order chi connectivity index (χ0) is 13.7. The van der Waals surface area contributed by atoms with Crippen molar-refractivity contribution in [1.82, 2.24) is 4.90 Å². The molecule has 1 saturated heterocycles. The van der Waals surface area contributed by atoms with E-state index >= 15 is 0 Å². The van der Waals surface area contributed by atoms with Gasteiger partial charge in [-0.05, 0) is 37.4 Å². The molecular weight excluding hydrogens is 236 g/mol. The highest BCUT2D eigenvalue weighted by Crippen LogP contribution is 2.34. The number of hydrogen-bond donors (Lipinski definition) is 0. The molecule has 0 spiro atoms. The lowest BCUT2D eigenvalue weighted by Gasteiger charge is -2.38. The first-order valence-electron chi connectivity index (χ1n) is 6.88. The minimum atomic E-state index is 0.214. The summed E-state index contributed by atoms with van der Waals surface area (Å²) in [5.41, 5.74) is 1.46. The molecule has 0 amide bonds. The van der Waals surface area contributed by atoms with Gasteiger partial charge in [0, 0.05) is 18.5 Å². The minimum Gasteiger partial charge on any atom is -0.496 e. The zero-order valence-electron chi connectivity index (χ0n) is 11.9. The average molecular weight is 258 g/mol. The van der Waals surface area contributed by atoms with Crippen LogP contribution in [0, 0.1) is 16.7 Å². The summed E-state index contributed by atoms with van der Waals surface area (Å²) in [4.78, 5) is 2.46. The van der Waals surface area contributed by atoms with Crippen LogP contribution in [0.25, 0.3) is 0 Å². The number of methoxy groups -OCH3 is 1. The molecule has 1 fully saturated rings. The van der Waals surface area contributed by atoms with Crippen LogP contribution >= 0.6 is 0 Å². The molecule has 1 heterocycles. The smallest absolute Gasteiger partial charge is 0.123 e. The Kier molecular flexibility index (Phi) is 4.44. The number of ether oxygens (including phenoxy) is 1. The molecule has 2 rings (SSSR count). The normalized spacial score (nSPS) is 18.8. The van der Waals surface area contributed by atoms with Gasteiger partial charge in [0.05, 0.1) is 13.2 Å². The van der Waals surface area contributed by atoms with E-state index in [-0.39, 0.29) is 5.41 Å².